The second kappa shape index (κ2) is 10.4. The van der Waals surface area contributed by atoms with Crippen LogP contribution in [0.4, 0.5) is 5.95 Å². The van der Waals surface area contributed by atoms with Gasteiger partial charge in [0.1, 0.15) is 17.9 Å². The van der Waals surface area contributed by atoms with Crippen molar-refractivity contribution in [3.8, 4) is 5.75 Å². The Kier molecular flexibility index (Phi) is 7.62. The zero-order valence-corrected chi connectivity index (χ0v) is 18.9. The van der Waals surface area contributed by atoms with Gasteiger partial charge >= 0.3 is 0 Å². The molecule has 1 saturated carbocycles. The average Bonchev–Trinajstić information content (AvgIpc) is 2.76. The number of nitrogens with one attached hydrogen (secondary N) is 1. The first-order valence-corrected chi connectivity index (χ1v) is 10.9. The lowest BCUT2D eigenvalue weighted by Gasteiger charge is -2.24. The number of anilines is 1. The summed E-state index contributed by atoms with van der Waals surface area (Å²) in [5.41, 5.74) is 9.09. The van der Waals surface area contributed by atoms with Crippen LogP contribution < -0.4 is 21.6 Å². The molecule has 1 aliphatic carbocycles. The maximum absolute atomic E-state index is 6.45. The van der Waals surface area contributed by atoms with Gasteiger partial charge in [-0.1, -0.05) is 20.3 Å². The largest absolute Gasteiger partial charge is 0.489 e. The van der Waals surface area contributed by atoms with Gasteiger partial charge in [0.25, 0.3) is 0 Å². The molecule has 0 spiro atoms. The van der Waals surface area contributed by atoms with E-state index in [1.165, 1.54) is 30.6 Å². The fourth-order valence-corrected chi connectivity index (χ4v) is 3.58. The van der Waals surface area contributed by atoms with E-state index >= 15 is 0 Å². The Morgan fingerprint density at radius 3 is 2.58 bits per heavy atom. The van der Waals surface area contributed by atoms with E-state index in [9.17, 15) is 0 Å². The van der Waals surface area contributed by atoms with Crippen LogP contribution in [0.5, 0.6) is 5.75 Å². The minimum absolute atomic E-state index is 0.210. The van der Waals surface area contributed by atoms with Gasteiger partial charge in [-0.15, -0.1) is 0 Å². The topological polar surface area (TPSA) is 128 Å². The lowest BCUT2D eigenvalue weighted by molar-refractivity contribution is 0.153. The van der Waals surface area contributed by atoms with Gasteiger partial charge in [0.2, 0.25) is 5.95 Å². The number of nitrogens with zero attached hydrogens (tertiary/aromatic N) is 5. The number of hydrogen-bond acceptors (Lipinski definition) is 9. The molecule has 9 nitrogen and oxygen atoms in total. The molecule has 31 heavy (non-hydrogen) atoms. The van der Waals surface area contributed by atoms with E-state index in [1.807, 2.05) is 32.9 Å². The summed E-state index contributed by atoms with van der Waals surface area (Å²) in [5, 5.41) is 4.66. The van der Waals surface area contributed by atoms with Crippen LogP contribution in [0.3, 0.4) is 0 Å². The number of hydrazine groups is 1. The summed E-state index contributed by atoms with van der Waals surface area (Å²) in [6.45, 7) is 6.36. The molecule has 9 heteroatoms. The van der Waals surface area contributed by atoms with E-state index in [-0.39, 0.29) is 12.0 Å². The molecule has 0 aromatic carbocycles. The van der Waals surface area contributed by atoms with Crippen molar-refractivity contribution in [2.24, 2.45) is 11.6 Å². The van der Waals surface area contributed by atoms with Crippen LogP contribution in [0.2, 0.25) is 0 Å². The highest BCUT2D eigenvalue weighted by Gasteiger charge is 2.17. The third-order valence-corrected chi connectivity index (χ3v) is 5.42. The summed E-state index contributed by atoms with van der Waals surface area (Å²) in [6, 6.07) is 3.82. The molecule has 3 rings (SSSR count). The summed E-state index contributed by atoms with van der Waals surface area (Å²) >= 11 is 0. The number of pyridine rings is 1. The first-order chi connectivity index (χ1) is 14.8. The van der Waals surface area contributed by atoms with Gasteiger partial charge in [-0.05, 0) is 44.7 Å². The summed E-state index contributed by atoms with van der Waals surface area (Å²) in [4.78, 5) is 17.5. The van der Waals surface area contributed by atoms with Gasteiger partial charge in [0.15, 0.2) is 0 Å². The fraction of sp³-hybridized carbons (Fsp3) is 0.545. The first kappa shape index (κ1) is 22.7. The van der Waals surface area contributed by atoms with Crippen molar-refractivity contribution >= 4 is 11.6 Å². The Hall–Kier alpha value is -2.94. The Morgan fingerprint density at radius 2 is 1.94 bits per heavy atom. The lowest BCUT2D eigenvalue weighted by Crippen LogP contribution is -2.32. The van der Waals surface area contributed by atoms with Crippen molar-refractivity contribution in [3.63, 3.8) is 0 Å². The van der Waals surface area contributed by atoms with Crippen molar-refractivity contribution in [3.05, 3.63) is 41.4 Å². The van der Waals surface area contributed by atoms with Crippen LogP contribution in [0.25, 0.3) is 5.70 Å². The minimum Gasteiger partial charge on any atom is -0.489 e. The standard InChI is InChI=1S/C22H34N8O/c1-14(2)21-26-13-27-22(29-21)25-12-18(30(4)24)20(23)17-10-11-19(15(3)28-17)31-16-8-6-5-7-9-16/h10-11,13-14,16H,5-9,12,23-24H2,1-4H3,(H,25,26,27,29)/b20-18-. The zero-order chi connectivity index (χ0) is 22.4. The predicted molar refractivity (Wildman–Crippen MR) is 122 cm³/mol. The van der Waals surface area contributed by atoms with Crippen molar-refractivity contribution in [2.45, 2.75) is 64.9 Å². The molecule has 168 valence electrons. The fourth-order valence-electron chi connectivity index (χ4n) is 3.58. The van der Waals surface area contributed by atoms with E-state index in [4.69, 9.17) is 16.3 Å². The van der Waals surface area contributed by atoms with Gasteiger partial charge in [0, 0.05) is 13.0 Å². The molecule has 0 unspecified atom stereocenters. The number of aromatic nitrogens is 4. The monoisotopic (exact) mass is 426 g/mol. The SMILES string of the molecule is Cc1nc(/C(N)=C(\CNc2ncnc(C(C)C)n2)N(C)N)ccc1OC1CCCCC1. The summed E-state index contributed by atoms with van der Waals surface area (Å²) in [6.07, 6.45) is 7.73. The van der Waals surface area contributed by atoms with Crippen LogP contribution in [-0.2, 0) is 0 Å². The van der Waals surface area contributed by atoms with Crippen molar-refractivity contribution < 1.29 is 4.74 Å². The van der Waals surface area contributed by atoms with Crippen molar-refractivity contribution in [2.75, 3.05) is 18.9 Å². The molecule has 2 aromatic heterocycles. The second-order valence-corrected chi connectivity index (χ2v) is 8.30. The van der Waals surface area contributed by atoms with Gasteiger partial charge in [-0.3, -0.25) is 0 Å². The molecule has 1 fully saturated rings. The molecule has 0 saturated heterocycles. The van der Waals surface area contributed by atoms with Crippen molar-refractivity contribution in [1.82, 2.24) is 24.9 Å². The highest BCUT2D eigenvalue weighted by molar-refractivity contribution is 5.64. The van der Waals surface area contributed by atoms with Gasteiger partial charge < -0.3 is 20.8 Å². The summed E-state index contributed by atoms with van der Waals surface area (Å²) in [7, 11) is 1.74. The smallest absolute Gasteiger partial charge is 0.226 e. The maximum atomic E-state index is 6.45. The predicted octanol–water partition coefficient (Wildman–Crippen LogP) is 2.95. The molecule has 1 aliphatic rings. The minimum atomic E-state index is 0.210. The van der Waals surface area contributed by atoms with Crippen LogP contribution >= 0.6 is 0 Å². The Balaban J connectivity index is 1.75. The number of hydrogen-bond donors (Lipinski definition) is 3. The van der Waals surface area contributed by atoms with E-state index in [0.717, 1.165) is 30.1 Å². The molecule has 2 heterocycles. The highest BCUT2D eigenvalue weighted by atomic mass is 16.5. The molecule has 0 radical (unpaired) electrons. The number of ether oxygens (including phenoxy) is 1. The molecule has 0 atom stereocenters. The number of likely N-dealkylation sites (N-methyl/N-ethyl adjacent to an activating group) is 1. The summed E-state index contributed by atoms with van der Waals surface area (Å²) in [5.74, 6) is 8.29. The molecular weight excluding hydrogens is 392 g/mol. The van der Waals surface area contributed by atoms with Gasteiger partial charge in [-0.2, -0.15) is 4.98 Å². The molecule has 0 bridgehead atoms. The molecule has 0 aliphatic heterocycles. The number of aryl methyl sites for hydroxylation is 1. The molecule has 0 amide bonds. The lowest BCUT2D eigenvalue weighted by atomic mass is 9.98. The molecule has 5 N–H and O–H groups in total. The average molecular weight is 427 g/mol. The maximum Gasteiger partial charge on any atom is 0.226 e. The third kappa shape index (κ3) is 6.04. The van der Waals surface area contributed by atoms with Crippen LogP contribution in [0.1, 0.15) is 69.1 Å². The van der Waals surface area contributed by atoms with Crippen molar-refractivity contribution in [1.29, 1.82) is 0 Å². The van der Waals surface area contributed by atoms with Gasteiger partial charge in [-0.25, -0.2) is 20.8 Å². The Morgan fingerprint density at radius 1 is 1.19 bits per heavy atom. The molecule has 2 aromatic rings. The zero-order valence-electron chi connectivity index (χ0n) is 18.9. The second-order valence-electron chi connectivity index (χ2n) is 8.30. The molecular formula is C22H34N8O. The van der Waals surface area contributed by atoms with E-state index < -0.39 is 0 Å². The third-order valence-electron chi connectivity index (χ3n) is 5.42. The van der Waals surface area contributed by atoms with Crippen LogP contribution in [0, 0.1) is 6.92 Å². The van der Waals surface area contributed by atoms with Gasteiger partial charge in [0.05, 0.1) is 35.4 Å². The summed E-state index contributed by atoms with van der Waals surface area (Å²) < 4.78 is 6.18. The highest BCUT2D eigenvalue weighted by Crippen LogP contribution is 2.26. The first-order valence-electron chi connectivity index (χ1n) is 10.9. The van der Waals surface area contributed by atoms with E-state index in [0.29, 0.717) is 29.6 Å². The normalized spacial score (nSPS) is 15.5. The number of rotatable bonds is 8. The quantitative estimate of drug-likeness (QED) is 0.431. The van der Waals surface area contributed by atoms with Crippen LogP contribution in [-0.4, -0.2) is 44.6 Å². The Labute approximate surface area is 184 Å². The Bertz CT molecular complexity index is 906. The van der Waals surface area contributed by atoms with E-state index in [2.05, 4.69) is 25.3 Å². The van der Waals surface area contributed by atoms with Crippen LogP contribution in [0.15, 0.2) is 24.2 Å². The number of nitrogens with two attached hydrogens (primary N) is 2. The van der Waals surface area contributed by atoms with E-state index in [1.54, 1.807) is 7.05 Å².